The lowest BCUT2D eigenvalue weighted by Crippen LogP contribution is -2.44. The molecule has 33 heavy (non-hydrogen) atoms. The van der Waals surface area contributed by atoms with Crippen LogP contribution in [0, 0.1) is 23.2 Å². The van der Waals surface area contributed by atoms with Crippen LogP contribution in [0.2, 0.25) is 0 Å². The highest BCUT2D eigenvalue weighted by Crippen LogP contribution is 2.36. The Hall–Kier alpha value is -2.84. The lowest BCUT2D eigenvalue weighted by Gasteiger charge is -2.24. The van der Waals surface area contributed by atoms with E-state index in [1.807, 2.05) is 6.07 Å². The molecule has 0 bridgehead atoms. The first-order valence-corrected chi connectivity index (χ1v) is 12.5. The number of fused-ring (bicyclic) bond motifs is 1. The normalized spacial score (nSPS) is 18.3. The molecule has 0 radical (unpaired) electrons. The van der Waals surface area contributed by atoms with Gasteiger partial charge in [-0.1, -0.05) is 26.8 Å². The predicted molar refractivity (Wildman–Crippen MR) is 127 cm³/mol. The van der Waals surface area contributed by atoms with Crippen LogP contribution in [0.4, 0.5) is 0 Å². The van der Waals surface area contributed by atoms with E-state index in [0.717, 1.165) is 12.3 Å². The average molecular weight is 487 g/mol. The number of benzene rings is 1. The third-order valence-corrected chi connectivity index (χ3v) is 6.08. The van der Waals surface area contributed by atoms with Crippen molar-refractivity contribution < 1.29 is 31.8 Å². The molecule has 2 heterocycles. The Labute approximate surface area is 199 Å². The van der Waals surface area contributed by atoms with Crippen molar-refractivity contribution in [3.8, 4) is 17.6 Å². The Morgan fingerprint density at radius 1 is 1.30 bits per heavy atom. The number of carbonyl (C=O) groups is 2. The second-order valence-corrected chi connectivity index (χ2v) is 10.2. The zero-order valence-electron chi connectivity index (χ0n) is 19.2. The van der Waals surface area contributed by atoms with Crippen LogP contribution in [0.15, 0.2) is 23.1 Å². The molecule has 0 saturated carbocycles. The number of nitrogens with zero attached hydrogens (tertiary/aromatic N) is 1. The van der Waals surface area contributed by atoms with Gasteiger partial charge in [-0.2, -0.15) is 5.26 Å². The van der Waals surface area contributed by atoms with E-state index in [4.69, 9.17) is 9.47 Å². The molecule has 11 heteroatoms. The molecule has 0 aliphatic carbocycles. The van der Waals surface area contributed by atoms with Crippen molar-refractivity contribution in [3.05, 3.63) is 18.2 Å². The molecular weight excluding hydrogens is 448 g/mol. The molecule has 0 unspecified atom stereocenters. The summed E-state index contributed by atoms with van der Waals surface area (Å²) in [4.78, 5) is 23.8. The van der Waals surface area contributed by atoms with Gasteiger partial charge in [0.15, 0.2) is 11.5 Å². The van der Waals surface area contributed by atoms with Gasteiger partial charge in [0.25, 0.3) is 0 Å². The molecule has 2 aliphatic rings. The molecular formula is C22H38N4O6S. The molecule has 1 aromatic carbocycles. The van der Waals surface area contributed by atoms with Gasteiger partial charge in [-0.15, -0.1) is 0 Å². The lowest BCUT2D eigenvalue weighted by atomic mass is 9.92. The van der Waals surface area contributed by atoms with Crippen LogP contribution in [0.1, 0.15) is 44.3 Å². The van der Waals surface area contributed by atoms with Gasteiger partial charge in [0.2, 0.25) is 21.8 Å². The smallest absolute Gasteiger partial charge is 0.244 e. The van der Waals surface area contributed by atoms with Crippen LogP contribution in [0.5, 0.6) is 11.5 Å². The number of rotatable bonds is 7. The Balaban J connectivity index is 0. The van der Waals surface area contributed by atoms with Gasteiger partial charge in [0.1, 0.15) is 24.2 Å². The van der Waals surface area contributed by atoms with Crippen molar-refractivity contribution in [2.45, 2.75) is 51.0 Å². The molecule has 2 aliphatic heterocycles. The summed E-state index contributed by atoms with van der Waals surface area (Å²) in [7, 11) is -4.04. The third kappa shape index (κ3) is 8.22. The summed E-state index contributed by atoms with van der Waals surface area (Å²) in [5, 5.41) is 14.5. The Morgan fingerprint density at radius 2 is 2.00 bits per heavy atom. The molecule has 188 valence electrons. The molecule has 3 N–H and O–H groups in total. The van der Waals surface area contributed by atoms with Crippen LogP contribution in [-0.2, 0) is 19.6 Å². The zero-order chi connectivity index (χ0) is 24.4. The van der Waals surface area contributed by atoms with Gasteiger partial charge in [-0.25, -0.2) is 13.1 Å². The molecule has 10 nitrogen and oxygen atoms in total. The van der Waals surface area contributed by atoms with E-state index in [-0.39, 0.29) is 39.8 Å². The Morgan fingerprint density at radius 3 is 2.67 bits per heavy atom. The standard InChI is InChI=1S/C18H22N4O6S.C4H10.3H2/c19-10-13(9-12-3-2-6-20-18(12)24)22-16(23)11-21-29(25,26)15-5-1-4-14-17(15)28-8-7-27-14;1-4(2)3;;;/h1,4-5,12-13,21H,2-3,6-9,11H2,(H,20,24)(H,22,23);4H,1-3H3;3*1H/t12-,13-;;;;/m0..../s1. The fourth-order valence-corrected chi connectivity index (χ4v) is 4.37. The Bertz CT molecular complexity index is 986. The fourth-order valence-electron chi connectivity index (χ4n) is 3.23. The molecule has 1 aromatic rings. The summed E-state index contributed by atoms with van der Waals surface area (Å²) in [5.41, 5.74) is 0. The molecule has 0 aromatic heterocycles. The molecule has 2 amide bonds. The number of sulfonamides is 1. The number of nitriles is 1. The highest BCUT2D eigenvalue weighted by Gasteiger charge is 2.28. The number of nitrogens with one attached hydrogen (secondary N) is 3. The van der Waals surface area contributed by atoms with Crippen LogP contribution < -0.4 is 24.8 Å². The van der Waals surface area contributed by atoms with Gasteiger partial charge in [0.05, 0.1) is 12.6 Å². The second kappa shape index (κ2) is 12.4. The van der Waals surface area contributed by atoms with Crippen molar-refractivity contribution in [2.75, 3.05) is 26.3 Å². The quantitative estimate of drug-likeness (QED) is 0.534. The summed E-state index contributed by atoms with van der Waals surface area (Å²) >= 11 is 0. The Kier molecular flexibility index (Phi) is 9.94. The summed E-state index contributed by atoms with van der Waals surface area (Å²) in [6.07, 6.45) is 1.64. The largest absolute Gasteiger partial charge is 0.486 e. The molecule has 0 spiro atoms. The van der Waals surface area contributed by atoms with Crippen LogP contribution in [0.3, 0.4) is 0 Å². The SMILES string of the molecule is CC(C)C.N#C[C@H](C[C@@H]1CCCNC1=O)NC(=O)CNS(=O)(=O)c1cccc2c1OCCO2.[HH].[HH].[HH]. The maximum atomic E-state index is 12.6. The minimum absolute atomic E-state index is 0. The van der Waals surface area contributed by atoms with Crippen LogP contribution in [-0.4, -0.2) is 52.6 Å². The van der Waals surface area contributed by atoms with Crippen molar-refractivity contribution in [1.82, 2.24) is 15.4 Å². The van der Waals surface area contributed by atoms with Gasteiger partial charge in [-0.3, -0.25) is 9.59 Å². The zero-order valence-corrected chi connectivity index (χ0v) is 20.0. The third-order valence-electron chi connectivity index (χ3n) is 4.65. The van der Waals surface area contributed by atoms with Crippen molar-refractivity contribution in [1.29, 1.82) is 5.26 Å². The van der Waals surface area contributed by atoms with Gasteiger partial charge >= 0.3 is 0 Å². The van der Waals surface area contributed by atoms with Gasteiger partial charge < -0.3 is 20.1 Å². The summed E-state index contributed by atoms with van der Waals surface area (Å²) in [6.45, 7) is 7.10. The highest BCUT2D eigenvalue weighted by atomic mass is 32.2. The molecule has 2 atom stereocenters. The van der Waals surface area contributed by atoms with E-state index in [1.165, 1.54) is 12.1 Å². The fraction of sp³-hybridized carbons (Fsp3) is 0.591. The summed E-state index contributed by atoms with van der Waals surface area (Å²) in [6, 6.07) is 5.53. The second-order valence-electron chi connectivity index (χ2n) is 8.45. The minimum Gasteiger partial charge on any atom is -0.486 e. The molecule has 1 fully saturated rings. The van der Waals surface area contributed by atoms with Gasteiger partial charge in [0, 0.05) is 16.7 Å². The van der Waals surface area contributed by atoms with Gasteiger partial charge in [-0.05, 0) is 37.3 Å². The van der Waals surface area contributed by atoms with E-state index >= 15 is 0 Å². The van der Waals surface area contributed by atoms with E-state index in [9.17, 15) is 23.3 Å². The van der Waals surface area contributed by atoms with E-state index in [1.54, 1.807) is 6.07 Å². The van der Waals surface area contributed by atoms with Crippen LogP contribution in [0.25, 0.3) is 0 Å². The first kappa shape index (κ1) is 26.4. The maximum absolute atomic E-state index is 12.6. The van der Waals surface area contributed by atoms with E-state index < -0.39 is 28.5 Å². The number of hydrogen-bond donors (Lipinski definition) is 3. The highest BCUT2D eigenvalue weighted by molar-refractivity contribution is 7.89. The number of para-hydroxylation sites is 1. The van der Waals surface area contributed by atoms with Crippen molar-refractivity contribution >= 4 is 21.8 Å². The first-order valence-electron chi connectivity index (χ1n) is 11.0. The van der Waals surface area contributed by atoms with E-state index in [0.29, 0.717) is 25.3 Å². The number of ether oxygens (including phenoxy) is 2. The van der Waals surface area contributed by atoms with Crippen molar-refractivity contribution in [3.63, 3.8) is 0 Å². The lowest BCUT2D eigenvalue weighted by molar-refractivity contribution is -0.127. The number of hydrogen-bond acceptors (Lipinski definition) is 7. The molecule has 1 saturated heterocycles. The summed E-state index contributed by atoms with van der Waals surface area (Å²) < 4.78 is 38.1. The van der Waals surface area contributed by atoms with E-state index in [2.05, 4.69) is 36.1 Å². The average Bonchev–Trinajstić information content (AvgIpc) is 2.78. The molecule has 3 rings (SSSR count). The first-order chi connectivity index (χ1) is 15.6. The predicted octanol–water partition coefficient (Wildman–Crippen LogP) is 2.06. The van der Waals surface area contributed by atoms with Crippen molar-refractivity contribution in [2.24, 2.45) is 11.8 Å². The van der Waals surface area contributed by atoms with Crippen LogP contribution >= 0.6 is 0 Å². The minimum atomic E-state index is -4.04. The monoisotopic (exact) mass is 486 g/mol. The maximum Gasteiger partial charge on any atom is 0.244 e. The summed E-state index contributed by atoms with van der Waals surface area (Å²) in [5.74, 6) is 0.1000. The number of carbonyl (C=O) groups excluding carboxylic acids is 2. The number of amides is 2. The topological polar surface area (TPSA) is 147 Å². The number of piperidine rings is 1.